The normalized spacial score (nSPS) is 15.5. The predicted octanol–water partition coefficient (Wildman–Crippen LogP) is 13.0. The topological polar surface area (TPSA) is 48.8 Å². The molecule has 0 aliphatic heterocycles. The van der Waals surface area contributed by atoms with Crippen LogP contribution in [-0.4, -0.2) is 19.1 Å². The van der Waals surface area contributed by atoms with Gasteiger partial charge < -0.3 is 4.42 Å². The summed E-state index contributed by atoms with van der Waals surface area (Å²) in [6.07, 6.45) is 6.28. The van der Waals surface area contributed by atoms with Gasteiger partial charge in [-0.2, -0.15) is 4.98 Å². The molecule has 1 aliphatic rings. The molecule has 1 aliphatic carbocycles. The van der Waals surface area contributed by atoms with E-state index >= 15 is 0 Å². The molecule has 55 heavy (non-hydrogen) atoms. The van der Waals surface area contributed by atoms with E-state index in [0.717, 1.165) is 65.7 Å². The number of allylic oxidation sites excluding steroid dienone is 5. The van der Waals surface area contributed by atoms with Gasteiger partial charge in [-0.1, -0.05) is 136 Å². The molecule has 10 aromatic rings. The Bertz CT molecular complexity index is 3220. The second-order valence-electron chi connectivity index (χ2n) is 14.9. The van der Waals surface area contributed by atoms with Gasteiger partial charge in [0.25, 0.3) is 0 Å². The Labute approximate surface area is 317 Å². The van der Waals surface area contributed by atoms with E-state index in [2.05, 4.69) is 182 Å². The molecule has 5 heteroatoms. The van der Waals surface area contributed by atoms with Gasteiger partial charge in [-0.3, -0.25) is 9.13 Å². The number of aromatic nitrogens is 4. The number of nitrogens with zero attached hydrogens (tertiary/aromatic N) is 4. The van der Waals surface area contributed by atoms with Gasteiger partial charge in [-0.15, -0.1) is 0 Å². The highest BCUT2D eigenvalue weighted by atomic mass is 16.3. The van der Waals surface area contributed by atoms with E-state index in [-0.39, 0.29) is 5.41 Å². The molecule has 4 heterocycles. The molecule has 0 radical (unpaired) electrons. The van der Waals surface area contributed by atoms with Crippen LogP contribution >= 0.6 is 0 Å². The summed E-state index contributed by atoms with van der Waals surface area (Å²) in [5.74, 6) is 1.30. The molecule has 0 unspecified atom stereocenters. The Morgan fingerprint density at radius 2 is 1.18 bits per heavy atom. The molecule has 4 aromatic heterocycles. The molecule has 6 aromatic carbocycles. The molecular formula is C50H36N4O. The van der Waals surface area contributed by atoms with Gasteiger partial charge in [0, 0.05) is 32.3 Å². The highest BCUT2D eigenvalue weighted by molar-refractivity contribution is 6.13. The van der Waals surface area contributed by atoms with Gasteiger partial charge in [0.1, 0.15) is 11.1 Å². The van der Waals surface area contributed by atoms with E-state index in [0.29, 0.717) is 17.3 Å². The summed E-state index contributed by atoms with van der Waals surface area (Å²) in [6, 6.07) is 47.2. The second-order valence-corrected chi connectivity index (χ2v) is 14.9. The van der Waals surface area contributed by atoms with Crippen LogP contribution in [0.5, 0.6) is 0 Å². The van der Waals surface area contributed by atoms with Crippen LogP contribution in [0.15, 0.2) is 168 Å². The van der Waals surface area contributed by atoms with E-state index in [1.165, 1.54) is 27.8 Å². The van der Waals surface area contributed by atoms with Crippen LogP contribution in [0.4, 0.5) is 0 Å². The van der Waals surface area contributed by atoms with Crippen LogP contribution in [-0.2, 0) is 5.41 Å². The molecule has 5 nitrogen and oxygen atoms in total. The number of hydrogen-bond acceptors (Lipinski definition) is 3. The zero-order chi connectivity index (χ0) is 37.0. The van der Waals surface area contributed by atoms with Crippen LogP contribution in [0.1, 0.15) is 31.9 Å². The number of rotatable bonds is 4. The van der Waals surface area contributed by atoms with Crippen LogP contribution in [0.2, 0.25) is 0 Å². The van der Waals surface area contributed by atoms with E-state index in [1.807, 2.05) is 6.08 Å². The minimum atomic E-state index is -0.196. The van der Waals surface area contributed by atoms with Crippen LogP contribution < -0.4 is 0 Å². The zero-order valence-corrected chi connectivity index (χ0v) is 30.8. The Morgan fingerprint density at radius 1 is 0.618 bits per heavy atom. The molecule has 0 N–H and O–H groups in total. The Morgan fingerprint density at radius 3 is 1.76 bits per heavy atom. The van der Waals surface area contributed by atoms with E-state index < -0.39 is 0 Å². The Hall–Kier alpha value is -6.98. The minimum Gasteiger partial charge on any atom is -0.450 e. The molecule has 0 saturated carbocycles. The van der Waals surface area contributed by atoms with Crippen LogP contribution in [0, 0.1) is 0 Å². The molecular weight excluding hydrogens is 673 g/mol. The second kappa shape index (κ2) is 11.5. The summed E-state index contributed by atoms with van der Waals surface area (Å²) < 4.78 is 11.3. The lowest BCUT2D eigenvalue weighted by Gasteiger charge is -2.24. The highest BCUT2D eigenvalue weighted by Crippen LogP contribution is 2.53. The van der Waals surface area contributed by atoms with Crippen molar-refractivity contribution in [2.75, 3.05) is 0 Å². The quantitative estimate of drug-likeness (QED) is 0.183. The summed E-state index contributed by atoms with van der Waals surface area (Å²) in [4.78, 5) is 10.9. The number of furan rings is 1. The lowest BCUT2D eigenvalue weighted by atomic mass is 9.78. The van der Waals surface area contributed by atoms with Crippen molar-refractivity contribution in [3.8, 4) is 22.9 Å². The van der Waals surface area contributed by atoms with E-state index in [1.54, 1.807) is 0 Å². The van der Waals surface area contributed by atoms with Gasteiger partial charge in [0.15, 0.2) is 11.4 Å². The average molecular weight is 709 g/mol. The van der Waals surface area contributed by atoms with Crippen molar-refractivity contribution in [1.82, 2.24) is 19.1 Å². The van der Waals surface area contributed by atoms with Gasteiger partial charge in [0.2, 0.25) is 5.95 Å². The number of fused-ring (bicyclic) bond motifs is 10. The van der Waals surface area contributed by atoms with Gasteiger partial charge in [-0.05, 0) is 76.7 Å². The highest BCUT2D eigenvalue weighted by Gasteiger charge is 2.39. The van der Waals surface area contributed by atoms with Crippen LogP contribution in [0.25, 0.3) is 94.1 Å². The summed E-state index contributed by atoms with van der Waals surface area (Å²) in [6.45, 7) is 10.8. The molecule has 0 spiro atoms. The van der Waals surface area contributed by atoms with Crippen molar-refractivity contribution in [2.24, 2.45) is 0 Å². The summed E-state index contributed by atoms with van der Waals surface area (Å²) in [5, 5.41) is 5.58. The van der Waals surface area contributed by atoms with Crippen molar-refractivity contribution < 1.29 is 4.42 Å². The van der Waals surface area contributed by atoms with E-state index in [4.69, 9.17) is 14.4 Å². The van der Waals surface area contributed by atoms with Crippen molar-refractivity contribution in [2.45, 2.75) is 26.2 Å². The maximum atomic E-state index is 6.88. The summed E-state index contributed by atoms with van der Waals surface area (Å²) in [7, 11) is 0. The first kappa shape index (κ1) is 31.5. The predicted molar refractivity (Wildman–Crippen MR) is 228 cm³/mol. The molecule has 0 amide bonds. The van der Waals surface area contributed by atoms with E-state index in [9.17, 15) is 0 Å². The lowest BCUT2D eigenvalue weighted by Crippen LogP contribution is -2.16. The SMILES string of the molecule is C=C/C=C1/C(=C\C)C(C)(C)c2c1cccc2-c1ccc2oc3c(-n4c5ccccc5c5ccccc54)nc(-n4c5ccccc5c5ccccc54)nc3c2c1. The zero-order valence-electron chi connectivity index (χ0n) is 30.8. The standard InChI is InChI=1S/C50H36N4O/c1-5-16-32-37-22-15-21-31(45(37)50(3,4)39(32)6-2)30-27-28-44-38(29-30)46-47(55-44)48(53-40-23-11-7-17-33(40)34-18-8-12-24-41(34)53)52-49(51-46)54-42-25-13-9-19-35(42)36-20-10-14-26-43(36)54/h5-29H,1H2,2-4H3/b32-16+,39-6+. The average Bonchev–Trinajstić information content (AvgIpc) is 3.92. The molecule has 0 atom stereocenters. The third-order valence-electron chi connectivity index (χ3n) is 11.7. The molecule has 262 valence electrons. The van der Waals surface area contributed by atoms with Crippen molar-refractivity contribution >= 4 is 71.3 Å². The summed E-state index contributed by atoms with van der Waals surface area (Å²) >= 11 is 0. The maximum Gasteiger partial charge on any atom is 0.237 e. The van der Waals surface area contributed by atoms with Gasteiger partial charge >= 0.3 is 0 Å². The van der Waals surface area contributed by atoms with Gasteiger partial charge in [-0.25, -0.2) is 4.98 Å². The smallest absolute Gasteiger partial charge is 0.237 e. The third-order valence-corrected chi connectivity index (χ3v) is 11.7. The molecule has 0 bridgehead atoms. The van der Waals surface area contributed by atoms with Gasteiger partial charge in [0.05, 0.1) is 22.1 Å². The summed E-state index contributed by atoms with van der Waals surface area (Å²) in [5.41, 5.74) is 13.6. The first-order valence-electron chi connectivity index (χ1n) is 18.8. The Balaban J connectivity index is 1.25. The first-order valence-corrected chi connectivity index (χ1v) is 18.8. The molecule has 0 saturated heterocycles. The number of hydrogen-bond donors (Lipinski definition) is 0. The fourth-order valence-electron chi connectivity index (χ4n) is 9.45. The third kappa shape index (κ3) is 4.29. The van der Waals surface area contributed by atoms with Crippen molar-refractivity contribution in [3.63, 3.8) is 0 Å². The first-order chi connectivity index (χ1) is 27.0. The monoisotopic (exact) mass is 708 g/mol. The van der Waals surface area contributed by atoms with Crippen molar-refractivity contribution in [3.05, 3.63) is 175 Å². The number of para-hydroxylation sites is 4. The lowest BCUT2D eigenvalue weighted by molar-refractivity contribution is 0.660. The fraction of sp³-hybridized carbons (Fsp3) is 0.0800. The maximum absolute atomic E-state index is 6.88. The Kier molecular flexibility index (Phi) is 6.60. The van der Waals surface area contributed by atoms with Crippen molar-refractivity contribution in [1.29, 1.82) is 0 Å². The largest absolute Gasteiger partial charge is 0.450 e. The van der Waals surface area contributed by atoms with Crippen LogP contribution in [0.3, 0.4) is 0 Å². The minimum absolute atomic E-state index is 0.196. The number of benzene rings is 6. The fourth-order valence-corrected chi connectivity index (χ4v) is 9.45. The molecule has 0 fully saturated rings. The molecule has 11 rings (SSSR count).